The third kappa shape index (κ3) is 1.97. The van der Waals surface area contributed by atoms with Crippen LogP contribution in [0.1, 0.15) is 26.2 Å². The summed E-state index contributed by atoms with van der Waals surface area (Å²) < 4.78 is 0. The molecule has 1 aliphatic rings. The van der Waals surface area contributed by atoms with Gasteiger partial charge in [-0.1, -0.05) is 6.92 Å². The molecule has 3 heteroatoms. The molecular weight excluding hydrogens is 152 g/mol. The Balaban J connectivity index is 2.37. The van der Waals surface area contributed by atoms with Crippen LogP contribution in [0.3, 0.4) is 0 Å². The van der Waals surface area contributed by atoms with Gasteiger partial charge in [0.05, 0.1) is 12.0 Å². The zero-order valence-electron chi connectivity index (χ0n) is 7.42. The molecule has 1 amide bonds. The molecule has 1 heterocycles. The quantitative estimate of drug-likeness (QED) is 0.617. The van der Waals surface area contributed by atoms with Crippen LogP contribution in [-0.4, -0.2) is 23.9 Å². The smallest absolute Gasteiger partial charge is 0.222 e. The molecule has 0 aromatic rings. The van der Waals surface area contributed by atoms with E-state index < -0.39 is 0 Å². The Labute approximate surface area is 73.0 Å². The molecule has 1 fully saturated rings. The average Bonchev–Trinajstić information content (AvgIpc) is 2.52. The maximum absolute atomic E-state index is 11.3. The van der Waals surface area contributed by atoms with Crippen LogP contribution >= 0.6 is 0 Å². The van der Waals surface area contributed by atoms with Crippen LogP contribution < -0.4 is 0 Å². The molecular formula is C9H14N2O. The molecule has 0 spiro atoms. The summed E-state index contributed by atoms with van der Waals surface area (Å²) in [5.41, 5.74) is 0. The highest BCUT2D eigenvalue weighted by atomic mass is 16.2. The summed E-state index contributed by atoms with van der Waals surface area (Å²) in [6, 6.07) is 2.20. The Hall–Kier alpha value is -1.04. The summed E-state index contributed by atoms with van der Waals surface area (Å²) in [5.74, 6) is 0.279. The average molecular weight is 166 g/mol. The lowest BCUT2D eigenvalue weighted by atomic mass is 10.1. The molecule has 0 saturated carbocycles. The fraction of sp³-hybridized carbons (Fsp3) is 0.778. The van der Waals surface area contributed by atoms with Gasteiger partial charge in [0.25, 0.3) is 0 Å². The molecule has 1 atom stereocenters. The lowest BCUT2D eigenvalue weighted by Crippen LogP contribution is -2.28. The van der Waals surface area contributed by atoms with E-state index in [1.807, 2.05) is 6.92 Å². The standard InChI is InChI=1S/C9H14N2O/c1-2-3-9(12)11-5-4-8(6-10)7-11/h8H,2-5,7H2,1H3. The largest absolute Gasteiger partial charge is 0.341 e. The number of nitrogens with zero attached hydrogens (tertiary/aromatic N) is 2. The molecule has 66 valence electrons. The van der Waals surface area contributed by atoms with Gasteiger partial charge in [-0.15, -0.1) is 0 Å². The number of rotatable bonds is 2. The van der Waals surface area contributed by atoms with Gasteiger partial charge in [-0.05, 0) is 12.8 Å². The lowest BCUT2D eigenvalue weighted by molar-refractivity contribution is -0.130. The Bertz CT molecular complexity index is 207. The molecule has 0 radical (unpaired) electrons. The van der Waals surface area contributed by atoms with Crippen LogP contribution in [-0.2, 0) is 4.79 Å². The highest BCUT2D eigenvalue weighted by Crippen LogP contribution is 2.15. The van der Waals surface area contributed by atoms with E-state index in [1.54, 1.807) is 4.90 Å². The molecule has 3 nitrogen and oxygen atoms in total. The van der Waals surface area contributed by atoms with E-state index in [9.17, 15) is 4.79 Å². The zero-order chi connectivity index (χ0) is 8.97. The van der Waals surface area contributed by atoms with Gasteiger partial charge in [-0.25, -0.2) is 0 Å². The number of amides is 1. The van der Waals surface area contributed by atoms with Gasteiger partial charge in [-0.2, -0.15) is 5.26 Å². The van der Waals surface area contributed by atoms with Crippen molar-refractivity contribution >= 4 is 5.91 Å². The van der Waals surface area contributed by atoms with Crippen molar-refractivity contribution in [2.75, 3.05) is 13.1 Å². The second-order valence-corrected chi connectivity index (χ2v) is 3.20. The van der Waals surface area contributed by atoms with Gasteiger partial charge in [0.15, 0.2) is 0 Å². The molecule has 0 N–H and O–H groups in total. The summed E-state index contributed by atoms with van der Waals surface area (Å²) in [5, 5.41) is 8.61. The summed E-state index contributed by atoms with van der Waals surface area (Å²) in [6.07, 6.45) is 2.37. The third-order valence-corrected chi connectivity index (χ3v) is 2.19. The van der Waals surface area contributed by atoms with Crippen molar-refractivity contribution in [3.63, 3.8) is 0 Å². The van der Waals surface area contributed by atoms with Crippen molar-refractivity contribution < 1.29 is 4.79 Å². The first-order valence-electron chi connectivity index (χ1n) is 4.45. The maximum atomic E-state index is 11.3. The van der Waals surface area contributed by atoms with Gasteiger partial charge in [-0.3, -0.25) is 4.79 Å². The molecule has 0 bridgehead atoms. The Kier molecular flexibility index (Phi) is 3.09. The molecule has 0 aromatic carbocycles. The van der Waals surface area contributed by atoms with Gasteiger partial charge in [0.1, 0.15) is 0 Å². The van der Waals surface area contributed by atoms with Crippen LogP contribution in [0.2, 0.25) is 0 Å². The van der Waals surface area contributed by atoms with Crippen molar-refractivity contribution in [1.29, 1.82) is 5.26 Å². The van der Waals surface area contributed by atoms with Gasteiger partial charge >= 0.3 is 0 Å². The van der Waals surface area contributed by atoms with Crippen LogP contribution in [0.15, 0.2) is 0 Å². The zero-order valence-corrected chi connectivity index (χ0v) is 7.42. The SMILES string of the molecule is CCCC(=O)N1CCC(C#N)C1. The number of carbonyl (C=O) groups excluding carboxylic acids is 1. The minimum Gasteiger partial charge on any atom is -0.341 e. The van der Waals surface area contributed by atoms with E-state index in [1.165, 1.54) is 0 Å². The highest BCUT2D eigenvalue weighted by molar-refractivity contribution is 5.76. The Morgan fingerprint density at radius 2 is 2.50 bits per heavy atom. The number of hydrogen-bond donors (Lipinski definition) is 0. The Morgan fingerprint density at radius 3 is 3.00 bits per heavy atom. The minimum atomic E-state index is 0.0748. The predicted octanol–water partition coefficient (Wildman–Crippen LogP) is 1.16. The number of carbonyl (C=O) groups is 1. The fourth-order valence-electron chi connectivity index (χ4n) is 1.46. The molecule has 0 aliphatic carbocycles. The molecule has 1 unspecified atom stereocenters. The molecule has 1 aliphatic heterocycles. The number of hydrogen-bond acceptors (Lipinski definition) is 2. The van der Waals surface area contributed by atoms with E-state index in [2.05, 4.69) is 6.07 Å². The van der Waals surface area contributed by atoms with Crippen molar-refractivity contribution in [3.8, 4) is 6.07 Å². The van der Waals surface area contributed by atoms with Crippen LogP contribution in [0.4, 0.5) is 0 Å². The monoisotopic (exact) mass is 166 g/mol. The van der Waals surface area contributed by atoms with Crippen molar-refractivity contribution in [1.82, 2.24) is 4.90 Å². The van der Waals surface area contributed by atoms with Gasteiger partial charge in [0.2, 0.25) is 5.91 Å². The van der Waals surface area contributed by atoms with Crippen molar-refractivity contribution in [3.05, 3.63) is 0 Å². The predicted molar refractivity (Wildman–Crippen MR) is 45.2 cm³/mol. The van der Waals surface area contributed by atoms with E-state index >= 15 is 0 Å². The number of nitriles is 1. The van der Waals surface area contributed by atoms with Crippen molar-refractivity contribution in [2.24, 2.45) is 5.92 Å². The van der Waals surface area contributed by atoms with E-state index in [-0.39, 0.29) is 11.8 Å². The number of likely N-dealkylation sites (tertiary alicyclic amines) is 1. The van der Waals surface area contributed by atoms with Crippen LogP contribution in [0.5, 0.6) is 0 Å². The first-order valence-corrected chi connectivity index (χ1v) is 4.45. The summed E-state index contributed by atoms with van der Waals surface area (Å²) in [4.78, 5) is 13.1. The van der Waals surface area contributed by atoms with E-state index in [0.29, 0.717) is 13.0 Å². The van der Waals surface area contributed by atoms with E-state index in [4.69, 9.17) is 5.26 Å². The fourth-order valence-corrected chi connectivity index (χ4v) is 1.46. The second kappa shape index (κ2) is 4.10. The highest BCUT2D eigenvalue weighted by Gasteiger charge is 2.24. The van der Waals surface area contributed by atoms with Crippen LogP contribution in [0.25, 0.3) is 0 Å². The first-order chi connectivity index (χ1) is 5.77. The van der Waals surface area contributed by atoms with Crippen molar-refractivity contribution in [2.45, 2.75) is 26.2 Å². The third-order valence-electron chi connectivity index (χ3n) is 2.19. The molecule has 1 rings (SSSR count). The second-order valence-electron chi connectivity index (χ2n) is 3.20. The van der Waals surface area contributed by atoms with Gasteiger partial charge < -0.3 is 4.90 Å². The molecule has 12 heavy (non-hydrogen) atoms. The molecule has 1 saturated heterocycles. The lowest BCUT2D eigenvalue weighted by Gasteiger charge is -2.14. The minimum absolute atomic E-state index is 0.0748. The van der Waals surface area contributed by atoms with E-state index in [0.717, 1.165) is 19.4 Å². The Morgan fingerprint density at radius 1 is 1.75 bits per heavy atom. The topological polar surface area (TPSA) is 44.1 Å². The first kappa shape index (κ1) is 9.05. The normalized spacial score (nSPS) is 22.3. The summed E-state index contributed by atoms with van der Waals surface area (Å²) in [6.45, 7) is 3.42. The summed E-state index contributed by atoms with van der Waals surface area (Å²) >= 11 is 0. The summed E-state index contributed by atoms with van der Waals surface area (Å²) in [7, 11) is 0. The molecule has 0 aromatic heterocycles. The maximum Gasteiger partial charge on any atom is 0.222 e. The van der Waals surface area contributed by atoms with Gasteiger partial charge in [0, 0.05) is 19.5 Å². The van der Waals surface area contributed by atoms with Crippen LogP contribution in [0, 0.1) is 17.2 Å².